The lowest BCUT2D eigenvalue weighted by atomic mass is 10.0. The Morgan fingerprint density at radius 1 is 1.20 bits per heavy atom. The summed E-state index contributed by atoms with van der Waals surface area (Å²) in [7, 11) is 0. The average Bonchev–Trinajstić information content (AvgIpc) is 2.55. The number of nitrogens with zero attached hydrogens (tertiary/aromatic N) is 2. The SMILES string of the molecule is CCC(C)(C)NC(=O)CN1CCN(c2ccc(C(C)=O)cc2F)CC1. The van der Waals surface area contributed by atoms with Gasteiger partial charge in [-0.05, 0) is 45.4 Å². The second-order valence-electron chi connectivity index (χ2n) is 7.27. The lowest BCUT2D eigenvalue weighted by Crippen LogP contribution is -2.52. The van der Waals surface area contributed by atoms with Gasteiger partial charge in [-0.2, -0.15) is 0 Å². The van der Waals surface area contributed by atoms with Gasteiger partial charge in [-0.25, -0.2) is 4.39 Å². The maximum Gasteiger partial charge on any atom is 0.234 e. The van der Waals surface area contributed by atoms with Gasteiger partial charge in [0.15, 0.2) is 5.78 Å². The number of amides is 1. The molecule has 0 saturated carbocycles. The number of nitrogens with one attached hydrogen (secondary N) is 1. The van der Waals surface area contributed by atoms with E-state index in [-0.39, 0.29) is 23.0 Å². The quantitative estimate of drug-likeness (QED) is 0.802. The van der Waals surface area contributed by atoms with Gasteiger partial charge >= 0.3 is 0 Å². The highest BCUT2D eigenvalue weighted by Crippen LogP contribution is 2.22. The predicted octanol–water partition coefficient (Wildman–Crippen LogP) is 2.46. The van der Waals surface area contributed by atoms with Gasteiger partial charge in [0.05, 0.1) is 12.2 Å². The van der Waals surface area contributed by atoms with Gasteiger partial charge in [0, 0.05) is 37.3 Å². The van der Waals surface area contributed by atoms with E-state index in [2.05, 4.69) is 10.2 Å². The molecule has 2 rings (SSSR count). The van der Waals surface area contributed by atoms with E-state index in [0.717, 1.165) is 6.42 Å². The van der Waals surface area contributed by atoms with Crippen molar-refractivity contribution in [1.29, 1.82) is 0 Å². The van der Waals surface area contributed by atoms with Crippen LogP contribution in [0.25, 0.3) is 0 Å². The summed E-state index contributed by atoms with van der Waals surface area (Å²) in [6.07, 6.45) is 0.877. The summed E-state index contributed by atoms with van der Waals surface area (Å²) in [6, 6.07) is 4.62. The van der Waals surface area contributed by atoms with Crippen molar-refractivity contribution in [2.24, 2.45) is 0 Å². The number of piperazine rings is 1. The molecule has 0 aromatic heterocycles. The summed E-state index contributed by atoms with van der Waals surface area (Å²) in [5.74, 6) is -0.489. The van der Waals surface area contributed by atoms with Crippen LogP contribution in [-0.4, -0.2) is 54.9 Å². The van der Waals surface area contributed by atoms with Crippen LogP contribution in [0.4, 0.5) is 10.1 Å². The Labute approximate surface area is 149 Å². The highest BCUT2D eigenvalue weighted by Gasteiger charge is 2.23. The van der Waals surface area contributed by atoms with E-state index >= 15 is 0 Å². The fourth-order valence-electron chi connectivity index (χ4n) is 2.84. The average molecular weight is 349 g/mol. The summed E-state index contributed by atoms with van der Waals surface area (Å²) < 4.78 is 14.3. The Kier molecular flexibility index (Phi) is 6.16. The standard InChI is InChI=1S/C19H28FN3O2/c1-5-19(3,4)21-18(25)13-22-8-10-23(11-9-22)17-7-6-15(14(2)24)12-16(17)20/h6-7,12H,5,8-11,13H2,1-4H3,(H,21,25). The molecule has 0 aliphatic carbocycles. The number of carbonyl (C=O) groups excluding carboxylic acids is 2. The molecule has 1 heterocycles. The molecule has 138 valence electrons. The highest BCUT2D eigenvalue weighted by atomic mass is 19.1. The first-order valence-corrected chi connectivity index (χ1v) is 8.80. The molecular weight excluding hydrogens is 321 g/mol. The number of hydrogen-bond donors (Lipinski definition) is 1. The molecule has 1 aliphatic heterocycles. The van der Waals surface area contributed by atoms with Gasteiger partial charge in [0.1, 0.15) is 5.82 Å². The third-order valence-corrected chi connectivity index (χ3v) is 4.80. The van der Waals surface area contributed by atoms with Crippen molar-refractivity contribution < 1.29 is 14.0 Å². The zero-order valence-electron chi connectivity index (χ0n) is 15.6. The summed E-state index contributed by atoms with van der Waals surface area (Å²) in [6.45, 7) is 10.6. The lowest BCUT2D eigenvalue weighted by Gasteiger charge is -2.36. The van der Waals surface area contributed by atoms with E-state index in [1.807, 2.05) is 25.7 Å². The molecule has 1 aliphatic rings. The molecule has 25 heavy (non-hydrogen) atoms. The van der Waals surface area contributed by atoms with E-state index in [4.69, 9.17) is 0 Å². The number of anilines is 1. The minimum absolute atomic E-state index is 0.0253. The van der Waals surface area contributed by atoms with Crippen LogP contribution in [-0.2, 0) is 4.79 Å². The third-order valence-electron chi connectivity index (χ3n) is 4.80. The van der Waals surface area contributed by atoms with Gasteiger partial charge in [-0.1, -0.05) is 6.92 Å². The summed E-state index contributed by atoms with van der Waals surface area (Å²) in [5.41, 5.74) is 0.705. The van der Waals surface area contributed by atoms with Crippen LogP contribution in [0.2, 0.25) is 0 Å². The van der Waals surface area contributed by atoms with Crippen LogP contribution in [0.15, 0.2) is 18.2 Å². The van der Waals surface area contributed by atoms with E-state index in [1.54, 1.807) is 12.1 Å². The number of carbonyl (C=O) groups is 2. The molecule has 0 bridgehead atoms. The number of halogens is 1. The molecular formula is C19H28FN3O2. The van der Waals surface area contributed by atoms with Crippen molar-refractivity contribution in [3.05, 3.63) is 29.6 Å². The Morgan fingerprint density at radius 3 is 2.36 bits per heavy atom. The van der Waals surface area contributed by atoms with Crippen molar-refractivity contribution in [3.8, 4) is 0 Å². The Morgan fingerprint density at radius 2 is 1.84 bits per heavy atom. The zero-order chi connectivity index (χ0) is 18.6. The number of hydrogen-bond acceptors (Lipinski definition) is 4. The molecule has 0 radical (unpaired) electrons. The molecule has 1 fully saturated rings. The van der Waals surface area contributed by atoms with E-state index in [1.165, 1.54) is 13.0 Å². The molecule has 0 unspecified atom stereocenters. The normalized spacial score (nSPS) is 16.0. The minimum atomic E-state index is -0.372. The minimum Gasteiger partial charge on any atom is -0.367 e. The Bertz CT molecular complexity index is 638. The monoisotopic (exact) mass is 349 g/mol. The van der Waals surface area contributed by atoms with Gasteiger partial charge < -0.3 is 10.2 Å². The van der Waals surface area contributed by atoms with Crippen LogP contribution in [0, 0.1) is 5.82 Å². The maximum atomic E-state index is 14.3. The van der Waals surface area contributed by atoms with Gasteiger partial charge in [-0.15, -0.1) is 0 Å². The smallest absolute Gasteiger partial charge is 0.234 e. The van der Waals surface area contributed by atoms with Crippen LogP contribution in [0.1, 0.15) is 44.5 Å². The maximum absolute atomic E-state index is 14.3. The number of ketones is 1. The Balaban J connectivity index is 1.89. The van der Waals surface area contributed by atoms with Gasteiger partial charge in [0.25, 0.3) is 0 Å². The summed E-state index contributed by atoms with van der Waals surface area (Å²) in [4.78, 5) is 27.5. The number of benzene rings is 1. The van der Waals surface area contributed by atoms with Crippen LogP contribution >= 0.6 is 0 Å². The molecule has 1 aromatic rings. The molecule has 0 atom stereocenters. The van der Waals surface area contributed by atoms with Crippen molar-refractivity contribution in [2.75, 3.05) is 37.6 Å². The van der Waals surface area contributed by atoms with Crippen molar-refractivity contribution in [1.82, 2.24) is 10.2 Å². The number of rotatable bonds is 6. The molecule has 1 saturated heterocycles. The lowest BCUT2D eigenvalue weighted by molar-refractivity contribution is -0.123. The molecule has 1 N–H and O–H groups in total. The first-order valence-electron chi connectivity index (χ1n) is 8.80. The second-order valence-corrected chi connectivity index (χ2v) is 7.27. The van der Waals surface area contributed by atoms with E-state index in [9.17, 15) is 14.0 Å². The van der Waals surface area contributed by atoms with Crippen LogP contribution < -0.4 is 10.2 Å². The Hall–Kier alpha value is -1.95. The van der Waals surface area contributed by atoms with E-state index in [0.29, 0.717) is 44.0 Å². The first-order chi connectivity index (χ1) is 11.7. The van der Waals surface area contributed by atoms with Crippen LogP contribution in [0.5, 0.6) is 0 Å². The summed E-state index contributed by atoms with van der Waals surface area (Å²) >= 11 is 0. The van der Waals surface area contributed by atoms with E-state index < -0.39 is 0 Å². The topological polar surface area (TPSA) is 52.7 Å². The molecule has 0 spiro atoms. The molecule has 1 aromatic carbocycles. The van der Waals surface area contributed by atoms with Crippen molar-refractivity contribution in [2.45, 2.75) is 39.7 Å². The largest absolute Gasteiger partial charge is 0.367 e. The van der Waals surface area contributed by atoms with Gasteiger partial charge in [0.2, 0.25) is 5.91 Å². The fraction of sp³-hybridized carbons (Fsp3) is 0.579. The second kappa shape index (κ2) is 7.95. The van der Waals surface area contributed by atoms with Gasteiger partial charge in [-0.3, -0.25) is 14.5 Å². The van der Waals surface area contributed by atoms with Crippen molar-refractivity contribution >= 4 is 17.4 Å². The molecule has 5 nitrogen and oxygen atoms in total. The highest BCUT2D eigenvalue weighted by molar-refractivity contribution is 5.94. The van der Waals surface area contributed by atoms with Crippen molar-refractivity contribution in [3.63, 3.8) is 0 Å². The van der Waals surface area contributed by atoms with Crippen LogP contribution in [0.3, 0.4) is 0 Å². The molecule has 1 amide bonds. The fourth-order valence-corrected chi connectivity index (χ4v) is 2.84. The summed E-state index contributed by atoms with van der Waals surface area (Å²) in [5, 5.41) is 3.04. The first kappa shape index (κ1) is 19.4. The number of Topliss-reactive ketones (excluding diaryl/α,β-unsaturated/α-hetero) is 1. The zero-order valence-corrected chi connectivity index (χ0v) is 15.6. The predicted molar refractivity (Wildman–Crippen MR) is 97.6 cm³/mol. The third kappa shape index (κ3) is 5.26. The molecule has 6 heteroatoms.